The van der Waals surface area contributed by atoms with Crippen LogP contribution in [0.25, 0.3) is 0 Å². The highest BCUT2D eigenvalue weighted by atomic mass is 32.2. The molecule has 1 aromatic heterocycles. The van der Waals surface area contributed by atoms with Crippen LogP contribution in [0.15, 0.2) is 4.99 Å². The first-order valence-electron chi connectivity index (χ1n) is 9.24. The summed E-state index contributed by atoms with van der Waals surface area (Å²) in [5.74, 6) is 2.23. The third-order valence-corrected chi connectivity index (χ3v) is 7.66. The maximum absolute atomic E-state index is 4.83. The molecule has 1 unspecified atom stereocenters. The van der Waals surface area contributed by atoms with Crippen molar-refractivity contribution in [1.29, 1.82) is 0 Å². The van der Waals surface area contributed by atoms with Gasteiger partial charge in [0.15, 0.2) is 5.96 Å². The largest absolute Gasteiger partial charge is 0.356 e. The van der Waals surface area contributed by atoms with E-state index in [1.54, 1.807) is 4.88 Å². The van der Waals surface area contributed by atoms with E-state index in [9.17, 15) is 0 Å². The standard InChI is InChI=1S/C18H30N4S2/c1-18(10-6-12-23-18)13-21-17(19-2)20-11-5-9-16-22-14-7-3-4-8-15(14)24-16/h3-13H2,1-2H3,(H2,19,20,21). The fourth-order valence-corrected chi connectivity index (χ4v) is 5.87. The highest BCUT2D eigenvalue weighted by molar-refractivity contribution is 8.00. The van der Waals surface area contributed by atoms with Crippen molar-refractivity contribution < 1.29 is 0 Å². The van der Waals surface area contributed by atoms with E-state index in [4.69, 9.17) is 4.98 Å². The van der Waals surface area contributed by atoms with Crippen LogP contribution in [0.3, 0.4) is 0 Å². The van der Waals surface area contributed by atoms with Crippen molar-refractivity contribution in [2.45, 2.75) is 63.0 Å². The number of thioether (sulfide) groups is 1. The van der Waals surface area contributed by atoms with Crippen molar-refractivity contribution in [2.24, 2.45) is 4.99 Å². The van der Waals surface area contributed by atoms with Gasteiger partial charge < -0.3 is 10.6 Å². The van der Waals surface area contributed by atoms with Crippen LogP contribution in [0.5, 0.6) is 0 Å². The number of fused-ring (bicyclic) bond motifs is 1. The molecule has 1 atom stereocenters. The summed E-state index contributed by atoms with van der Waals surface area (Å²) in [6.07, 6.45) is 9.93. The lowest BCUT2D eigenvalue weighted by molar-refractivity contribution is 0.583. The molecule has 0 aromatic carbocycles. The van der Waals surface area contributed by atoms with Gasteiger partial charge in [0.05, 0.1) is 10.7 Å². The van der Waals surface area contributed by atoms with E-state index < -0.39 is 0 Å². The first-order chi connectivity index (χ1) is 11.7. The Morgan fingerprint density at radius 3 is 2.88 bits per heavy atom. The van der Waals surface area contributed by atoms with Gasteiger partial charge in [-0.1, -0.05) is 0 Å². The first-order valence-corrected chi connectivity index (χ1v) is 11.0. The summed E-state index contributed by atoms with van der Waals surface area (Å²) in [5, 5.41) is 8.27. The van der Waals surface area contributed by atoms with Crippen molar-refractivity contribution >= 4 is 29.1 Å². The van der Waals surface area contributed by atoms with Crippen LogP contribution in [0.4, 0.5) is 0 Å². The van der Waals surface area contributed by atoms with Crippen LogP contribution >= 0.6 is 23.1 Å². The Morgan fingerprint density at radius 2 is 2.12 bits per heavy atom. The molecule has 1 aliphatic heterocycles. The van der Waals surface area contributed by atoms with E-state index in [-0.39, 0.29) is 0 Å². The Morgan fingerprint density at radius 1 is 1.25 bits per heavy atom. The number of hydrogen-bond acceptors (Lipinski definition) is 4. The third kappa shape index (κ3) is 4.88. The molecule has 3 rings (SSSR count). The summed E-state index contributed by atoms with van der Waals surface area (Å²) in [6, 6.07) is 0. The number of rotatable bonds is 6. The van der Waals surface area contributed by atoms with Crippen molar-refractivity contribution in [2.75, 3.05) is 25.9 Å². The molecule has 0 bridgehead atoms. The van der Waals surface area contributed by atoms with Crippen molar-refractivity contribution in [3.8, 4) is 0 Å². The number of guanidine groups is 1. The molecule has 2 N–H and O–H groups in total. The smallest absolute Gasteiger partial charge is 0.191 e. The molecule has 6 heteroatoms. The third-order valence-electron chi connectivity index (χ3n) is 4.90. The Hall–Kier alpha value is -0.750. The lowest BCUT2D eigenvalue weighted by Gasteiger charge is -2.24. The number of nitrogens with one attached hydrogen (secondary N) is 2. The summed E-state index contributed by atoms with van der Waals surface area (Å²) >= 11 is 4.02. The average Bonchev–Trinajstić information content (AvgIpc) is 3.20. The first kappa shape index (κ1) is 18.1. The summed E-state index contributed by atoms with van der Waals surface area (Å²) < 4.78 is 0.373. The van der Waals surface area contributed by atoms with Crippen LogP contribution in [0.2, 0.25) is 0 Å². The van der Waals surface area contributed by atoms with Gasteiger partial charge >= 0.3 is 0 Å². The van der Waals surface area contributed by atoms with Crippen LogP contribution in [-0.2, 0) is 19.3 Å². The summed E-state index contributed by atoms with van der Waals surface area (Å²) in [7, 11) is 1.86. The van der Waals surface area contributed by atoms with Gasteiger partial charge in [-0.15, -0.1) is 11.3 Å². The van der Waals surface area contributed by atoms with E-state index >= 15 is 0 Å². The second kappa shape index (κ2) is 8.56. The number of nitrogens with zero attached hydrogens (tertiary/aromatic N) is 2. The van der Waals surface area contributed by atoms with Gasteiger partial charge in [0.25, 0.3) is 0 Å². The van der Waals surface area contributed by atoms with Crippen molar-refractivity contribution in [1.82, 2.24) is 15.6 Å². The van der Waals surface area contributed by atoms with E-state index in [1.165, 1.54) is 55.0 Å². The van der Waals surface area contributed by atoms with E-state index in [0.29, 0.717) is 4.75 Å². The molecule has 1 aromatic rings. The molecule has 24 heavy (non-hydrogen) atoms. The summed E-state index contributed by atoms with van der Waals surface area (Å²) in [5.41, 5.74) is 1.38. The van der Waals surface area contributed by atoms with Gasteiger partial charge in [-0.25, -0.2) is 4.98 Å². The molecule has 2 heterocycles. The number of thiazole rings is 1. The molecule has 0 spiro atoms. The molecule has 0 amide bonds. The van der Waals surface area contributed by atoms with E-state index in [1.807, 2.05) is 18.4 Å². The minimum absolute atomic E-state index is 0.373. The van der Waals surface area contributed by atoms with Crippen molar-refractivity contribution in [3.05, 3.63) is 15.6 Å². The maximum atomic E-state index is 4.83. The number of aryl methyl sites for hydroxylation is 3. The monoisotopic (exact) mass is 366 g/mol. The predicted molar refractivity (Wildman–Crippen MR) is 107 cm³/mol. The molecule has 1 saturated heterocycles. The molecule has 0 radical (unpaired) electrons. The number of hydrogen-bond donors (Lipinski definition) is 2. The minimum Gasteiger partial charge on any atom is -0.356 e. The van der Waals surface area contributed by atoms with Gasteiger partial charge in [-0.05, 0) is 57.6 Å². The lowest BCUT2D eigenvalue weighted by Crippen LogP contribution is -2.43. The molecular weight excluding hydrogens is 336 g/mol. The molecule has 1 fully saturated rings. The van der Waals surface area contributed by atoms with Gasteiger partial charge in [-0.3, -0.25) is 4.99 Å². The zero-order valence-corrected chi connectivity index (χ0v) is 16.6. The molecule has 0 saturated carbocycles. The normalized spacial score (nSPS) is 24.0. The predicted octanol–water partition coefficient (Wildman–Crippen LogP) is 3.41. The summed E-state index contributed by atoms with van der Waals surface area (Å²) in [4.78, 5) is 10.7. The summed E-state index contributed by atoms with van der Waals surface area (Å²) in [6.45, 7) is 4.31. The van der Waals surface area contributed by atoms with Gasteiger partial charge in [0.1, 0.15) is 0 Å². The number of aromatic nitrogens is 1. The second-order valence-corrected chi connectivity index (χ2v) is 9.89. The van der Waals surface area contributed by atoms with E-state index in [2.05, 4.69) is 34.3 Å². The molecule has 2 aliphatic rings. The molecular formula is C18H30N4S2. The zero-order valence-electron chi connectivity index (χ0n) is 15.0. The maximum Gasteiger partial charge on any atom is 0.191 e. The fraction of sp³-hybridized carbons (Fsp3) is 0.778. The SMILES string of the molecule is CN=C(NCCCc1nc2c(s1)CCCC2)NCC1(C)CCCS1. The van der Waals surface area contributed by atoms with Gasteiger partial charge in [0, 0.05) is 36.2 Å². The minimum atomic E-state index is 0.373. The quantitative estimate of drug-likeness (QED) is 0.460. The van der Waals surface area contributed by atoms with Crippen LogP contribution < -0.4 is 10.6 Å². The average molecular weight is 367 g/mol. The van der Waals surface area contributed by atoms with E-state index in [0.717, 1.165) is 31.9 Å². The Labute approximate surface area is 154 Å². The zero-order chi connectivity index (χ0) is 16.8. The molecule has 134 valence electrons. The van der Waals surface area contributed by atoms with Crippen molar-refractivity contribution in [3.63, 3.8) is 0 Å². The molecule has 1 aliphatic carbocycles. The number of aliphatic imine (C=N–C) groups is 1. The van der Waals surface area contributed by atoms with Crippen LogP contribution in [0, 0.1) is 0 Å². The molecule has 4 nitrogen and oxygen atoms in total. The van der Waals surface area contributed by atoms with Crippen LogP contribution in [-0.4, -0.2) is 41.6 Å². The fourth-order valence-electron chi connectivity index (χ4n) is 3.43. The van der Waals surface area contributed by atoms with Crippen LogP contribution in [0.1, 0.15) is 54.6 Å². The lowest BCUT2D eigenvalue weighted by atomic mass is 10.0. The topological polar surface area (TPSA) is 49.3 Å². The Bertz CT molecular complexity index is 538. The Balaban J connectivity index is 1.36. The highest BCUT2D eigenvalue weighted by Gasteiger charge is 2.29. The van der Waals surface area contributed by atoms with Gasteiger partial charge in [0.2, 0.25) is 0 Å². The van der Waals surface area contributed by atoms with Gasteiger partial charge in [-0.2, -0.15) is 11.8 Å². The second-order valence-electron chi connectivity index (χ2n) is 7.04. The Kier molecular flexibility index (Phi) is 6.44. The highest BCUT2D eigenvalue weighted by Crippen LogP contribution is 2.36.